The van der Waals surface area contributed by atoms with E-state index in [4.69, 9.17) is 4.74 Å². The lowest BCUT2D eigenvalue weighted by molar-refractivity contribution is 0.274. The van der Waals surface area contributed by atoms with Gasteiger partial charge in [-0.2, -0.15) is 0 Å². The Morgan fingerprint density at radius 3 is 3.05 bits per heavy atom. The van der Waals surface area contributed by atoms with Crippen molar-refractivity contribution in [2.24, 2.45) is 0 Å². The summed E-state index contributed by atoms with van der Waals surface area (Å²) >= 11 is 3.56. The monoisotopic (exact) mass is 318 g/mol. The third-order valence-electron chi connectivity index (χ3n) is 3.25. The molecule has 1 N–H and O–H groups in total. The summed E-state index contributed by atoms with van der Waals surface area (Å²) < 4.78 is 6.67. The number of aromatic nitrogens is 1. The van der Waals surface area contributed by atoms with Crippen LogP contribution in [0.5, 0.6) is 5.75 Å². The standard InChI is InChI=1S/C15H15BrN2O/c1-10-8-12(16)15(17-9-10)18-13-6-7-19-14-5-3-2-4-11(13)14/h2-5,8-9,13H,6-7H2,1H3,(H,17,18). The van der Waals surface area contributed by atoms with Gasteiger partial charge in [0.15, 0.2) is 0 Å². The Morgan fingerprint density at radius 1 is 1.37 bits per heavy atom. The van der Waals surface area contributed by atoms with Crippen LogP contribution in [0.15, 0.2) is 41.0 Å². The van der Waals surface area contributed by atoms with E-state index < -0.39 is 0 Å². The quantitative estimate of drug-likeness (QED) is 0.905. The summed E-state index contributed by atoms with van der Waals surface area (Å²) in [5, 5.41) is 3.49. The summed E-state index contributed by atoms with van der Waals surface area (Å²) in [5.41, 5.74) is 2.34. The second-order valence-electron chi connectivity index (χ2n) is 4.71. The zero-order valence-electron chi connectivity index (χ0n) is 10.7. The van der Waals surface area contributed by atoms with E-state index in [2.05, 4.69) is 38.4 Å². The fraction of sp³-hybridized carbons (Fsp3) is 0.267. The Hall–Kier alpha value is -1.55. The molecule has 1 aromatic heterocycles. The molecule has 2 heterocycles. The molecule has 19 heavy (non-hydrogen) atoms. The first kappa shape index (κ1) is 12.5. The summed E-state index contributed by atoms with van der Waals surface area (Å²) in [7, 11) is 0. The Kier molecular flexibility index (Phi) is 3.42. The van der Waals surface area contributed by atoms with Crippen molar-refractivity contribution in [1.29, 1.82) is 0 Å². The maximum atomic E-state index is 5.67. The van der Waals surface area contributed by atoms with Crippen LogP contribution in [0.2, 0.25) is 0 Å². The molecule has 0 saturated heterocycles. The number of nitrogens with one attached hydrogen (secondary N) is 1. The summed E-state index contributed by atoms with van der Waals surface area (Å²) in [6, 6.07) is 10.5. The third-order valence-corrected chi connectivity index (χ3v) is 3.85. The van der Waals surface area contributed by atoms with Gasteiger partial charge in [0.25, 0.3) is 0 Å². The van der Waals surface area contributed by atoms with Gasteiger partial charge in [-0.05, 0) is 40.5 Å². The highest BCUT2D eigenvalue weighted by molar-refractivity contribution is 9.10. The predicted octanol–water partition coefficient (Wildman–Crippen LogP) is 4.09. The van der Waals surface area contributed by atoms with Crippen molar-refractivity contribution in [3.05, 3.63) is 52.1 Å². The molecule has 0 amide bonds. The highest BCUT2D eigenvalue weighted by Gasteiger charge is 2.21. The molecule has 98 valence electrons. The Labute approximate surface area is 121 Å². The second kappa shape index (κ2) is 5.21. The number of pyridine rings is 1. The van der Waals surface area contributed by atoms with Crippen LogP contribution < -0.4 is 10.1 Å². The van der Waals surface area contributed by atoms with E-state index in [1.165, 1.54) is 5.56 Å². The van der Waals surface area contributed by atoms with E-state index >= 15 is 0 Å². The topological polar surface area (TPSA) is 34.2 Å². The summed E-state index contributed by atoms with van der Waals surface area (Å²) in [6.07, 6.45) is 2.82. The number of aryl methyl sites for hydroxylation is 1. The minimum absolute atomic E-state index is 0.247. The van der Waals surface area contributed by atoms with Gasteiger partial charge in [-0.1, -0.05) is 18.2 Å². The molecule has 3 nitrogen and oxygen atoms in total. The number of nitrogens with zero attached hydrogens (tertiary/aromatic N) is 1. The zero-order chi connectivity index (χ0) is 13.2. The molecule has 0 aliphatic carbocycles. The molecular formula is C15H15BrN2O. The number of para-hydroxylation sites is 1. The van der Waals surface area contributed by atoms with Crippen molar-refractivity contribution in [3.63, 3.8) is 0 Å². The normalized spacial score (nSPS) is 17.5. The van der Waals surface area contributed by atoms with Crippen molar-refractivity contribution in [1.82, 2.24) is 4.98 Å². The zero-order valence-corrected chi connectivity index (χ0v) is 12.3. The average molecular weight is 319 g/mol. The Balaban J connectivity index is 1.88. The van der Waals surface area contributed by atoms with Crippen LogP contribution in [0, 0.1) is 6.92 Å². The number of anilines is 1. The lowest BCUT2D eigenvalue weighted by atomic mass is 10.0. The molecule has 0 fully saturated rings. The molecule has 1 unspecified atom stereocenters. The van der Waals surface area contributed by atoms with Crippen LogP contribution in [0.4, 0.5) is 5.82 Å². The molecule has 0 spiro atoms. The lowest BCUT2D eigenvalue weighted by Crippen LogP contribution is -2.20. The first-order chi connectivity index (χ1) is 9.24. The molecular weight excluding hydrogens is 304 g/mol. The van der Waals surface area contributed by atoms with Gasteiger partial charge in [-0.25, -0.2) is 4.98 Å². The van der Waals surface area contributed by atoms with Crippen LogP contribution in [0.1, 0.15) is 23.6 Å². The van der Waals surface area contributed by atoms with E-state index in [-0.39, 0.29) is 6.04 Å². The maximum absolute atomic E-state index is 5.67. The van der Waals surface area contributed by atoms with Crippen LogP contribution in [0.25, 0.3) is 0 Å². The highest BCUT2D eigenvalue weighted by atomic mass is 79.9. The second-order valence-corrected chi connectivity index (χ2v) is 5.57. The lowest BCUT2D eigenvalue weighted by Gasteiger charge is -2.27. The average Bonchev–Trinajstić information content (AvgIpc) is 2.42. The molecule has 2 aromatic rings. The molecule has 1 aromatic carbocycles. The summed E-state index contributed by atoms with van der Waals surface area (Å²) in [4.78, 5) is 4.45. The number of rotatable bonds is 2. The molecule has 0 saturated carbocycles. The van der Waals surface area contributed by atoms with Gasteiger partial charge in [0.1, 0.15) is 11.6 Å². The van der Waals surface area contributed by atoms with Crippen LogP contribution in [-0.4, -0.2) is 11.6 Å². The van der Waals surface area contributed by atoms with Crippen molar-refractivity contribution >= 4 is 21.7 Å². The van der Waals surface area contributed by atoms with Gasteiger partial charge in [0.2, 0.25) is 0 Å². The van der Waals surface area contributed by atoms with Crippen molar-refractivity contribution in [2.75, 3.05) is 11.9 Å². The van der Waals surface area contributed by atoms with Crippen LogP contribution in [-0.2, 0) is 0 Å². The number of hydrogen-bond acceptors (Lipinski definition) is 3. The number of halogens is 1. The predicted molar refractivity (Wildman–Crippen MR) is 79.6 cm³/mol. The molecule has 0 radical (unpaired) electrons. The minimum atomic E-state index is 0.247. The number of hydrogen-bond donors (Lipinski definition) is 1. The van der Waals surface area contributed by atoms with E-state index in [1.54, 1.807) is 0 Å². The molecule has 1 aliphatic heterocycles. The van der Waals surface area contributed by atoms with Crippen LogP contribution in [0.3, 0.4) is 0 Å². The fourth-order valence-electron chi connectivity index (χ4n) is 2.30. The Bertz CT molecular complexity index is 600. The van der Waals surface area contributed by atoms with Crippen molar-refractivity contribution in [2.45, 2.75) is 19.4 Å². The molecule has 3 rings (SSSR count). The van der Waals surface area contributed by atoms with E-state index in [0.717, 1.165) is 34.6 Å². The summed E-state index contributed by atoms with van der Waals surface area (Å²) in [5.74, 6) is 1.85. The maximum Gasteiger partial charge on any atom is 0.140 e. The fourth-order valence-corrected chi connectivity index (χ4v) is 2.87. The molecule has 0 bridgehead atoms. The minimum Gasteiger partial charge on any atom is -0.493 e. The SMILES string of the molecule is Cc1cnc(NC2CCOc3ccccc32)c(Br)c1. The van der Waals surface area contributed by atoms with E-state index in [1.807, 2.05) is 31.3 Å². The first-order valence-corrected chi connectivity index (χ1v) is 7.14. The van der Waals surface area contributed by atoms with Crippen molar-refractivity contribution < 1.29 is 4.74 Å². The van der Waals surface area contributed by atoms with Gasteiger partial charge in [0.05, 0.1) is 17.1 Å². The number of fused-ring (bicyclic) bond motifs is 1. The summed E-state index contributed by atoms with van der Waals surface area (Å²) in [6.45, 7) is 2.77. The van der Waals surface area contributed by atoms with E-state index in [0.29, 0.717) is 0 Å². The molecule has 4 heteroatoms. The van der Waals surface area contributed by atoms with Gasteiger partial charge in [-0.3, -0.25) is 0 Å². The number of ether oxygens (including phenoxy) is 1. The smallest absolute Gasteiger partial charge is 0.140 e. The third kappa shape index (κ3) is 2.59. The first-order valence-electron chi connectivity index (χ1n) is 6.34. The van der Waals surface area contributed by atoms with E-state index in [9.17, 15) is 0 Å². The Morgan fingerprint density at radius 2 is 2.21 bits per heavy atom. The van der Waals surface area contributed by atoms with Gasteiger partial charge >= 0.3 is 0 Å². The van der Waals surface area contributed by atoms with Crippen molar-refractivity contribution in [3.8, 4) is 5.75 Å². The number of benzene rings is 1. The molecule has 1 atom stereocenters. The molecule has 1 aliphatic rings. The van der Waals surface area contributed by atoms with Gasteiger partial charge in [-0.15, -0.1) is 0 Å². The largest absolute Gasteiger partial charge is 0.493 e. The van der Waals surface area contributed by atoms with Gasteiger partial charge in [0, 0.05) is 18.2 Å². The van der Waals surface area contributed by atoms with Gasteiger partial charge < -0.3 is 10.1 Å². The highest BCUT2D eigenvalue weighted by Crippen LogP contribution is 2.35. The van der Waals surface area contributed by atoms with Crippen LogP contribution >= 0.6 is 15.9 Å².